The Morgan fingerprint density at radius 2 is 1.61 bits per heavy atom. The van der Waals surface area contributed by atoms with Gasteiger partial charge in [-0.05, 0) is 71.3 Å². The van der Waals surface area contributed by atoms with Crippen LogP contribution < -0.4 is 4.90 Å². The minimum Gasteiger partial charge on any atom is -0.266 e. The lowest BCUT2D eigenvalue weighted by atomic mass is 10.0. The molecule has 0 unspecified atom stereocenters. The molecule has 4 aromatic rings. The molecule has 1 heterocycles. The highest BCUT2D eigenvalue weighted by Gasteiger charge is 2.32. The normalized spacial score (nSPS) is 15.0. The van der Waals surface area contributed by atoms with Crippen LogP contribution in [0.1, 0.15) is 16.7 Å². The molecule has 0 radical (unpaired) electrons. The number of amidine groups is 1. The largest absolute Gasteiger partial charge is 0.282 e. The molecule has 1 amide bonds. The number of halogens is 1. The summed E-state index contributed by atoms with van der Waals surface area (Å²) in [7, 11) is 0. The van der Waals surface area contributed by atoms with Gasteiger partial charge in [0.2, 0.25) is 0 Å². The van der Waals surface area contributed by atoms with E-state index in [1.165, 1.54) is 0 Å². The molecule has 0 bridgehead atoms. The first-order chi connectivity index (χ1) is 15.1. The van der Waals surface area contributed by atoms with E-state index in [4.69, 9.17) is 16.6 Å². The zero-order valence-electron chi connectivity index (χ0n) is 16.9. The van der Waals surface area contributed by atoms with Gasteiger partial charge in [-0.3, -0.25) is 9.69 Å². The second-order valence-corrected chi connectivity index (χ2v) is 7.96. The number of amides is 1. The van der Waals surface area contributed by atoms with E-state index in [0.29, 0.717) is 16.6 Å². The molecule has 4 aromatic carbocycles. The summed E-state index contributed by atoms with van der Waals surface area (Å²) in [6.07, 6.45) is 1.87. The van der Waals surface area contributed by atoms with Crippen molar-refractivity contribution in [3.63, 3.8) is 0 Å². The summed E-state index contributed by atoms with van der Waals surface area (Å²) in [4.78, 5) is 20.0. The van der Waals surface area contributed by atoms with Crippen molar-refractivity contribution >= 4 is 45.9 Å². The minimum absolute atomic E-state index is 0.150. The topological polar surface area (TPSA) is 32.7 Å². The van der Waals surface area contributed by atoms with Crippen LogP contribution in [0.15, 0.2) is 102 Å². The van der Waals surface area contributed by atoms with Crippen LogP contribution in [0.4, 0.5) is 5.69 Å². The van der Waals surface area contributed by atoms with E-state index < -0.39 is 0 Å². The number of anilines is 1. The molecule has 4 heteroatoms. The van der Waals surface area contributed by atoms with Crippen LogP contribution in [-0.4, -0.2) is 11.7 Å². The van der Waals surface area contributed by atoms with Crippen molar-refractivity contribution in [1.82, 2.24) is 0 Å². The van der Waals surface area contributed by atoms with Crippen LogP contribution in [0, 0.1) is 6.92 Å². The monoisotopic (exact) mass is 422 g/mol. The van der Waals surface area contributed by atoms with Gasteiger partial charge in [0.15, 0.2) is 0 Å². The van der Waals surface area contributed by atoms with Crippen molar-refractivity contribution in [2.75, 3.05) is 4.90 Å². The Morgan fingerprint density at radius 3 is 2.42 bits per heavy atom. The maximum absolute atomic E-state index is 13.5. The molecule has 0 atom stereocenters. The molecule has 0 saturated heterocycles. The van der Waals surface area contributed by atoms with Crippen molar-refractivity contribution in [3.8, 4) is 0 Å². The average Bonchev–Trinajstić information content (AvgIpc) is 3.10. The van der Waals surface area contributed by atoms with Gasteiger partial charge in [-0.25, -0.2) is 4.99 Å². The van der Waals surface area contributed by atoms with E-state index in [-0.39, 0.29) is 5.91 Å². The molecular formula is C27H19ClN2O. The third kappa shape index (κ3) is 3.65. The van der Waals surface area contributed by atoms with Gasteiger partial charge in [0.25, 0.3) is 5.91 Å². The van der Waals surface area contributed by atoms with E-state index in [2.05, 4.69) is 18.2 Å². The summed E-state index contributed by atoms with van der Waals surface area (Å²) in [5.74, 6) is 0.447. The highest BCUT2D eigenvalue weighted by molar-refractivity contribution is 6.34. The SMILES string of the molecule is Cc1cccc(N2C(=O)/C(=C\c3cccc4ccccc34)N=C2c2ccc(Cl)cc2)c1. The smallest absolute Gasteiger partial charge is 0.266 e. The number of fused-ring (bicyclic) bond motifs is 1. The number of nitrogens with zero attached hydrogens (tertiary/aromatic N) is 2. The van der Waals surface area contributed by atoms with E-state index in [9.17, 15) is 4.79 Å². The van der Waals surface area contributed by atoms with E-state index in [1.54, 1.807) is 4.90 Å². The summed E-state index contributed by atoms with van der Waals surface area (Å²) >= 11 is 6.08. The summed E-state index contributed by atoms with van der Waals surface area (Å²) in [6, 6.07) is 29.5. The quantitative estimate of drug-likeness (QED) is 0.341. The summed E-state index contributed by atoms with van der Waals surface area (Å²) in [5.41, 5.74) is 4.07. The Hall–Kier alpha value is -3.69. The molecular weight excluding hydrogens is 404 g/mol. The standard InChI is InChI=1S/C27H19ClN2O/c1-18-6-4-10-23(16-18)30-26(20-12-14-22(28)15-13-20)29-25(27(30)31)17-21-9-5-8-19-7-2-3-11-24(19)21/h2-17H,1H3/b25-17+. The molecule has 0 saturated carbocycles. The maximum atomic E-state index is 13.5. The lowest BCUT2D eigenvalue weighted by Crippen LogP contribution is -2.32. The number of hydrogen-bond acceptors (Lipinski definition) is 2. The van der Waals surface area contributed by atoms with Crippen LogP contribution in [0.2, 0.25) is 5.02 Å². The number of carbonyl (C=O) groups excluding carboxylic acids is 1. The first kappa shape index (κ1) is 19.3. The maximum Gasteiger partial charge on any atom is 0.282 e. The van der Waals surface area contributed by atoms with Gasteiger partial charge in [-0.2, -0.15) is 0 Å². The van der Waals surface area contributed by atoms with Crippen molar-refractivity contribution in [2.45, 2.75) is 6.92 Å². The fraction of sp³-hybridized carbons (Fsp3) is 0.0370. The van der Waals surface area contributed by atoms with Gasteiger partial charge < -0.3 is 0 Å². The molecule has 0 aromatic heterocycles. The molecule has 1 aliphatic rings. The van der Waals surface area contributed by atoms with Gasteiger partial charge >= 0.3 is 0 Å². The molecule has 0 spiro atoms. The number of aryl methyl sites for hydroxylation is 1. The molecule has 0 aliphatic carbocycles. The van der Waals surface area contributed by atoms with Crippen molar-refractivity contribution < 1.29 is 4.79 Å². The van der Waals surface area contributed by atoms with Gasteiger partial charge in [0, 0.05) is 10.6 Å². The highest BCUT2D eigenvalue weighted by Crippen LogP contribution is 2.30. The van der Waals surface area contributed by atoms with Crippen molar-refractivity contribution in [2.24, 2.45) is 4.99 Å². The first-order valence-corrected chi connectivity index (χ1v) is 10.4. The molecule has 0 N–H and O–H groups in total. The predicted molar refractivity (Wildman–Crippen MR) is 129 cm³/mol. The summed E-state index contributed by atoms with van der Waals surface area (Å²) in [6.45, 7) is 2.01. The molecule has 5 rings (SSSR count). The van der Waals surface area contributed by atoms with Crippen LogP contribution in [-0.2, 0) is 4.79 Å². The van der Waals surface area contributed by atoms with Gasteiger partial charge in [-0.15, -0.1) is 0 Å². The molecule has 150 valence electrons. The number of rotatable bonds is 3. The Morgan fingerprint density at radius 1 is 0.871 bits per heavy atom. The van der Waals surface area contributed by atoms with Crippen LogP contribution in [0.5, 0.6) is 0 Å². The van der Waals surface area contributed by atoms with Gasteiger partial charge in [-0.1, -0.05) is 66.2 Å². The Balaban J connectivity index is 1.67. The van der Waals surface area contributed by atoms with Crippen LogP contribution >= 0.6 is 11.6 Å². The molecule has 31 heavy (non-hydrogen) atoms. The zero-order valence-corrected chi connectivity index (χ0v) is 17.7. The minimum atomic E-state index is -0.150. The Bertz CT molecular complexity index is 1360. The Kier molecular flexibility index (Phi) is 4.89. The molecule has 1 aliphatic heterocycles. The second-order valence-electron chi connectivity index (χ2n) is 7.52. The third-order valence-corrected chi connectivity index (χ3v) is 5.59. The third-order valence-electron chi connectivity index (χ3n) is 5.34. The van der Waals surface area contributed by atoms with Crippen LogP contribution in [0.25, 0.3) is 16.8 Å². The summed E-state index contributed by atoms with van der Waals surface area (Å²) < 4.78 is 0. The van der Waals surface area contributed by atoms with Crippen LogP contribution in [0.3, 0.4) is 0 Å². The summed E-state index contributed by atoms with van der Waals surface area (Å²) in [5, 5.41) is 2.85. The van der Waals surface area contributed by atoms with Crippen molar-refractivity contribution in [1.29, 1.82) is 0 Å². The highest BCUT2D eigenvalue weighted by atomic mass is 35.5. The Labute approximate surface area is 185 Å². The first-order valence-electron chi connectivity index (χ1n) is 10.1. The van der Waals surface area contributed by atoms with Crippen molar-refractivity contribution in [3.05, 3.63) is 118 Å². The predicted octanol–water partition coefficient (Wildman–Crippen LogP) is 6.64. The average molecular weight is 423 g/mol. The molecule has 0 fully saturated rings. The van der Waals surface area contributed by atoms with Gasteiger partial charge in [0.1, 0.15) is 11.5 Å². The van der Waals surface area contributed by atoms with Gasteiger partial charge in [0.05, 0.1) is 5.69 Å². The number of hydrogen-bond donors (Lipinski definition) is 0. The molecule has 3 nitrogen and oxygen atoms in total. The lowest BCUT2D eigenvalue weighted by Gasteiger charge is -2.19. The van der Waals surface area contributed by atoms with E-state index in [0.717, 1.165) is 33.2 Å². The number of benzene rings is 4. The van der Waals surface area contributed by atoms with E-state index in [1.807, 2.05) is 85.8 Å². The second kappa shape index (κ2) is 7.86. The number of carbonyl (C=O) groups is 1. The zero-order chi connectivity index (χ0) is 21.4. The van der Waals surface area contributed by atoms with E-state index >= 15 is 0 Å². The fourth-order valence-corrected chi connectivity index (χ4v) is 3.97. The fourth-order valence-electron chi connectivity index (χ4n) is 3.84. The number of aliphatic imine (C=N–C) groups is 1. The lowest BCUT2D eigenvalue weighted by molar-refractivity contribution is -0.113.